The Bertz CT molecular complexity index is 729. The number of carboxylic acids is 1. The highest BCUT2D eigenvalue weighted by atomic mass is 16.5. The van der Waals surface area contributed by atoms with Gasteiger partial charge in [-0.25, -0.2) is 9.59 Å². The number of carboxylic acid groups (broad SMARTS) is 1. The molecule has 1 N–H and O–H groups in total. The normalized spacial score (nSPS) is 15.0. The lowest BCUT2D eigenvalue weighted by atomic mass is 10.0. The summed E-state index contributed by atoms with van der Waals surface area (Å²) in [5.74, 6) is -1.12. The average molecular weight is 266 g/mol. The summed E-state index contributed by atoms with van der Waals surface area (Å²) < 4.78 is 5.20. The minimum absolute atomic E-state index is 0.126. The van der Waals surface area contributed by atoms with Crippen LogP contribution in [0, 0.1) is 0 Å². The first-order chi connectivity index (χ1) is 9.65. The van der Waals surface area contributed by atoms with Gasteiger partial charge in [-0.2, -0.15) is 0 Å². The Morgan fingerprint density at radius 1 is 1.05 bits per heavy atom. The number of hydrogen-bond donors (Lipinski definition) is 1. The second-order valence-electron chi connectivity index (χ2n) is 4.37. The van der Waals surface area contributed by atoms with Crippen LogP contribution in [0.2, 0.25) is 0 Å². The number of ether oxygens (including phenoxy) is 1. The lowest BCUT2D eigenvalue weighted by Gasteiger charge is -2.00. The molecule has 4 nitrogen and oxygen atoms in total. The van der Waals surface area contributed by atoms with Gasteiger partial charge >= 0.3 is 11.9 Å². The van der Waals surface area contributed by atoms with Crippen molar-refractivity contribution in [3.05, 3.63) is 70.8 Å². The minimum Gasteiger partial charge on any atom is -0.478 e. The summed E-state index contributed by atoms with van der Waals surface area (Å²) in [7, 11) is 0. The van der Waals surface area contributed by atoms with E-state index in [1.807, 2.05) is 30.3 Å². The van der Waals surface area contributed by atoms with Gasteiger partial charge < -0.3 is 9.84 Å². The molecule has 2 aromatic rings. The third-order valence-electron chi connectivity index (χ3n) is 3.05. The molecular weight excluding hydrogens is 256 g/mol. The van der Waals surface area contributed by atoms with Gasteiger partial charge in [0.1, 0.15) is 5.76 Å². The van der Waals surface area contributed by atoms with Gasteiger partial charge in [0, 0.05) is 5.56 Å². The third kappa shape index (κ3) is 2.07. The van der Waals surface area contributed by atoms with Crippen molar-refractivity contribution in [2.75, 3.05) is 0 Å². The van der Waals surface area contributed by atoms with Crippen molar-refractivity contribution in [2.45, 2.75) is 0 Å². The monoisotopic (exact) mass is 266 g/mol. The fourth-order valence-electron chi connectivity index (χ4n) is 2.08. The highest BCUT2D eigenvalue weighted by molar-refractivity contribution is 6.06. The van der Waals surface area contributed by atoms with Gasteiger partial charge in [-0.3, -0.25) is 0 Å². The van der Waals surface area contributed by atoms with E-state index in [0.29, 0.717) is 16.9 Å². The number of benzene rings is 2. The van der Waals surface area contributed by atoms with Crippen molar-refractivity contribution in [1.29, 1.82) is 0 Å². The molecule has 0 bridgehead atoms. The van der Waals surface area contributed by atoms with Gasteiger partial charge in [-0.1, -0.05) is 30.3 Å². The lowest BCUT2D eigenvalue weighted by molar-refractivity contribution is 0.0691. The zero-order valence-electron chi connectivity index (χ0n) is 10.4. The van der Waals surface area contributed by atoms with Crippen LogP contribution in [0.25, 0.3) is 11.8 Å². The molecule has 3 rings (SSSR count). The van der Waals surface area contributed by atoms with Gasteiger partial charge in [0.25, 0.3) is 0 Å². The Hall–Kier alpha value is -2.88. The molecule has 0 aliphatic carbocycles. The van der Waals surface area contributed by atoms with Crippen molar-refractivity contribution < 1.29 is 19.4 Å². The maximum Gasteiger partial charge on any atom is 0.344 e. The third-order valence-corrected chi connectivity index (χ3v) is 3.05. The molecule has 20 heavy (non-hydrogen) atoms. The molecular formula is C16H10O4. The van der Waals surface area contributed by atoms with Crippen LogP contribution < -0.4 is 0 Å². The topological polar surface area (TPSA) is 63.6 Å². The summed E-state index contributed by atoms with van der Waals surface area (Å²) in [5, 5.41) is 9.01. The first kappa shape index (κ1) is 12.2. The molecule has 0 saturated carbocycles. The molecule has 1 aliphatic heterocycles. The number of rotatable bonds is 2. The van der Waals surface area contributed by atoms with Gasteiger partial charge in [-0.15, -0.1) is 0 Å². The Morgan fingerprint density at radius 2 is 1.80 bits per heavy atom. The number of carbonyl (C=O) groups is 2. The van der Waals surface area contributed by atoms with Gasteiger partial charge in [0.05, 0.1) is 11.1 Å². The lowest BCUT2D eigenvalue weighted by Crippen LogP contribution is -1.98. The second-order valence-corrected chi connectivity index (χ2v) is 4.37. The van der Waals surface area contributed by atoms with Crippen LogP contribution in [0.5, 0.6) is 0 Å². The van der Waals surface area contributed by atoms with Crippen LogP contribution in [0.4, 0.5) is 0 Å². The Balaban J connectivity index is 2.10. The van der Waals surface area contributed by atoms with Gasteiger partial charge in [-0.05, 0) is 29.8 Å². The Morgan fingerprint density at radius 3 is 2.50 bits per heavy atom. The van der Waals surface area contributed by atoms with Gasteiger partial charge in [0.15, 0.2) is 0 Å². The molecule has 98 valence electrons. The first-order valence-electron chi connectivity index (χ1n) is 6.02. The van der Waals surface area contributed by atoms with E-state index in [2.05, 4.69) is 0 Å². The van der Waals surface area contributed by atoms with Crippen LogP contribution in [-0.2, 0) is 4.74 Å². The van der Waals surface area contributed by atoms with E-state index in [4.69, 9.17) is 9.84 Å². The van der Waals surface area contributed by atoms with E-state index in [9.17, 15) is 9.59 Å². The van der Waals surface area contributed by atoms with E-state index in [-0.39, 0.29) is 5.56 Å². The molecule has 0 saturated heterocycles. The smallest absolute Gasteiger partial charge is 0.344 e. The van der Waals surface area contributed by atoms with E-state index < -0.39 is 11.9 Å². The van der Waals surface area contributed by atoms with Crippen molar-refractivity contribution >= 4 is 23.8 Å². The van der Waals surface area contributed by atoms with Crippen LogP contribution >= 0.6 is 0 Å². The predicted octanol–water partition coefficient (Wildman–Crippen LogP) is 3.05. The van der Waals surface area contributed by atoms with Crippen LogP contribution in [0.15, 0.2) is 48.5 Å². The van der Waals surface area contributed by atoms with Crippen molar-refractivity contribution in [3.8, 4) is 0 Å². The minimum atomic E-state index is -1.04. The molecule has 2 aromatic carbocycles. The van der Waals surface area contributed by atoms with E-state index in [1.165, 1.54) is 18.2 Å². The molecule has 0 fully saturated rings. The summed E-state index contributed by atoms with van der Waals surface area (Å²) in [4.78, 5) is 22.7. The number of hydrogen-bond acceptors (Lipinski definition) is 3. The van der Waals surface area contributed by atoms with Gasteiger partial charge in [0.2, 0.25) is 0 Å². The SMILES string of the molecule is O=C(O)c1ccc2c(c1)C(=Cc1ccccc1)OC2=O. The molecule has 0 spiro atoms. The maximum atomic E-state index is 11.7. The van der Waals surface area contributed by atoms with Crippen LogP contribution in [0.3, 0.4) is 0 Å². The van der Waals surface area contributed by atoms with E-state index >= 15 is 0 Å². The molecule has 0 unspecified atom stereocenters. The molecule has 0 aromatic heterocycles. The standard InChI is InChI=1S/C16H10O4/c17-15(18)11-6-7-12-13(9-11)14(20-16(12)19)8-10-4-2-1-3-5-10/h1-9H,(H,17,18). The largest absolute Gasteiger partial charge is 0.478 e. The zero-order valence-corrected chi connectivity index (χ0v) is 10.4. The summed E-state index contributed by atoms with van der Waals surface area (Å²) in [5.41, 5.74) is 1.90. The zero-order chi connectivity index (χ0) is 14.1. The Kier molecular flexibility index (Phi) is 2.84. The average Bonchev–Trinajstić information content (AvgIpc) is 2.76. The Labute approximate surface area is 114 Å². The molecule has 0 atom stereocenters. The van der Waals surface area contributed by atoms with E-state index in [1.54, 1.807) is 6.08 Å². The fraction of sp³-hybridized carbons (Fsp3) is 0. The quantitative estimate of drug-likeness (QED) is 0.848. The number of esters is 1. The summed E-state index contributed by atoms with van der Waals surface area (Å²) in [6.45, 7) is 0. The molecule has 0 radical (unpaired) electrons. The van der Waals surface area contributed by atoms with Crippen LogP contribution in [0.1, 0.15) is 31.8 Å². The molecule has 1 heterocycles. The summed E-state index contributed by atoms with van der Waals surface area (Å²) in [6, 6.07) is 13.7. The fourth-order valence-corrected chi connectivity index (χ4v) is 2.08. The maximum absolute atomic E-state index is 11.7. The summed E-state index contributed by atoms with van der Waals surface area (Å²) in [6.07, 6.45) is 1.72. The first-order valence-corrected chi connectivity index (χ1v) is 6.02. The van der Waals surface area contributed by atoms with Crippen molar-refractivity contribution in [1.82, 2.24) is 0 Å². The second kappa shape index (κ2) is 4.66. The number of carbonyl (C=O) groups excluding carboxylic acids is 1. The number of cyclic esters (lactones) is 1. The molecule has 4 heteroatoms. The molecule has 0 amide bonds. The van der Waals surface area contributed by atoms with Crippen LogP contribution in [-0.4, -0.2) is 17.0 Å². The molecule has 1 aliphatic rings. The number of aromatic carboxylic acids is 1. The van der Waals surface area contributed by atoms with E-state index in [0.717, 1.165) is 5.56 Å². The summed E-state index contributed by atoms with van der Waals surface area (Å²) >= 11 is 0. The predicted molar refractivity (Wildman–Crippen MR) is 73.1 cm³/mol. The number of fused-ring (bicyclic) bond motifs is 1. The highest BCUT2D eigenvalue weighted by Crippen LogP contribution is 2.32. The van der Waals surface area contributed by atoms with Crippen molar-refractivity contribution in [3.63, 3.8) is 0 Å². The highest BCUT2D eigenvalue weighted by Gasteiger charge is 2.27. The van der Waals surface area contributed by atoms with Crippen molar-refractivity contribution in [2.24, 2.45) is 0 Å².